The molecule has 1 aliphatic rings. The number of carbonyl (C=O) groups excluding carboxylic acids is 2. The molecule has 1 N–H and O–H groups in total. The number of hydrogen-bond donors (Lipinski definition) is 1. The predicted octanol–water partition coefficient (Wildman–Crippen LogP) is 4.03. The maximum absolute atomic E-state index is 13.3. The van der Waals surface area contributed by atoms with E-state index in [-0.39, 0.29) is 50.7 Å². The standard InChI is InChI=1S/C24H23Cl2N3O6/c1-4-20(30)29-13-5-6-34-11-12(13)7-19-27-10-18-14(28-19)8-17(35-18)24(31)21-22(25)15(32-2)9-16(33-3)23(21)26/h4,8-10,12-13H,1,5-7,11H2,2-3H3,(H,29,30). The van der Waals surface area contributed by atoms with Gasteiger partial charge in [-0.15, -0.1) is 0 Å². The van der Waals surface area contributed by atoms with Gasteiger partial charge in [0.25, 0.3) is 0 Å². The Hall–Kier alpha value is -3.14. The minimum absolute atomic E-state index is 0.00284. The van der Waals surface area contributed by atoms with Gasteiger partial charge in [0.2, 0.25) is 11.7 Å². The summed E-state index contributed by atoms with van der Waals surface area (Å²) in [5.41, 5.74) is 0.774. The summed E-state index contributed by atoms with van der Waals surface area (Å²) < 4.78 is 21.8. The first-order chi connectivity index (χ1) is 16.9. The van der Waals surface area contributed by atoms with Gasteiger partial charge in [-0.1, -0.05) is 29.8 Å². The molecule has 0 aliphatic carbocycles. The van der Waals surface area contributed by atoms with Crippen molar-refractivity contribution in [1.29, 1.82) is 0 Å². The maximum Gasteiger partial charge on any atom is 0.243 e. The number of methoxy groups -OCH3 is 2. The van der Waals surface area contributed by atoms with Gasteiger partial charge in [0.05, 0.1) is 42.6 Å². The minimum atomic E-state index is -0.551. The lowest BCUT2D eigenvalue weighted by molar-refractivity contribution is -0.118. The van der Waals surface area contributed by atoms with Crippen LogP contribution in [0, 0.1) is 5.92 Å². The van der Waals surface area contributed by atoms with Gasteiger partial charge in [0, 0.05) is 37.1 Å². The van der Waals surface area contributed by atoms with Crippen LogP contribution < -0.4 is 14.8 Å². The van der Waals surface area contributed by atoms with Crippen LogP contribution in [0.3, 0.4) is 0 Å². The minimum Gasteiger partial charge on any atom is -0.495 e. The molecule has 1 saturated heterocycles. The largest absolute Gasteiger partial charge is 0.495 e. The van der Waals surface area contributed by atoms with E-state index in [0.29, 0.717) is 43.0 Å². The third kappa shape index (κ3) is 5.12. The maximum atomic E-state index is 13.3. The fraction of sp³-hybridized carbons (Fsp3) is 0.333. The van der Waals surface area contributed by atoms with Crippen LogP contribution in [0.1, 0.15) is 28.4 Å². The summed E-state index contributed by atoms with van der Waals surface area (Å²) >= 11 is 12.8. The van der Waals surface area contributed by atoms with Gasteiger partial charge in [-0.3, -0.25) is 9.59 Å². The Morgan fingerprint density at radius 3 is 2.60 bits per heavy atom. The first-order valence-corrected chi connectivity index (χ1v) is 11.5. The molecule has 1 fully saturated rings. The van der Waals surface area contributed by atoms with Crippen molar-refractivity contribution in [1.82, 2.24) is 15.3 Å². The van der Waals surface area contributed by atoms with Crippen molar-refractivity contribution in [3.8, 4) is 11.5 Å². The second-order valence-electron chi connectivity index (χ2n) is 7.91. The number of aromatic nitrogens is 2. The molecule has 35 heavy (non-hydrogen) atoms. The van der Waals surface area contributed by atoms with Crippen LogP contribution in [0.5, 0.6) is 11.5 Å². The zero-order valence-electron chi connectivity index (χ0n) is 19.1. The van der Waals surface area contributed by atoms with E-state index in [1.54, 1.807) is 0 Å². The third-order valence-electron chi connectivity index (χ3n) is 5.78. The van der Waals surface area contributed by atoms with E-state index >= 15 is 0 Å². The topological polar surface area (TPSA) is 113 Å². The number of halogens is 2. The molecule has 2 aromatic heterocycles. The molecule has 1 amide bonds. The van der Waals surface area contributed by atoms with Crippen molar-refractivity contribution < 1.29 is 28.2 Å². The van der Waals surface area contributed by atoms with Crippen molar-refractivity contribution in [2.45, 2.75) is 18.9 Å². The number of furan rings is 1. The summed E-state index contributed by atoms with van der Waals surface area (Å²) in [6, 6.07) is 2.93. The summed E-state index contributed by atoms with van der Waals surface area (Å²) in [6.07, 6.45) is 3.90. The van der Waals surface area contributed by atoms with Crippen LogP contribution in [-0.4, -0.2) is 55.1 Å². The lowest BCUT2D eigenvalue weighted by atomic mass is 9.92. The summed E-state index contributed by atoms with van der Waals surface area (Å²) in [7, 11) is 2.84. The molecule has 9 nitrogen and oxygen atoms in total. The van der Waals surface area contributed by atoms with Crippen molar-refractivity contribution in [3.05, 3.63) is 58.2 Å². The highest BCUT2D eigenvalue weighted by Crippen LogP contribution is 2.41. The van der Waals surface area contributed by atoms with E-state index in [1.165, 1.54) is 38.6 Å². The summed E-state index contributed by atoms with van der Waals surface area (Å²) in [6.45, 7) is 4.53. The van der Waals surface area contributed by atoms with Crippen LogP contribution in [0.15, 0.2) is 35.4 Å². The summed E-state index contributed by atoms with van der Waals surface area (Å²) in [5, 5.41) is 3.03. The van der Waals surface area contributed by atoms with Crippen LogP contribution in [0.25, 0.3) is 11.1 Å². The van der Waals surface area contributed by atoms with Crippen molar-refractivity contribution in [3.63, 3.8) is 0 Å². The van der Waals surface area contributed by atoms with Gasteiger partial charge in [-0.2, -0.15) is 0 Å². The van der Waals surface area contributed by atoms with Gasteiger partial charge in [-0.05, 0) is 12.5 Å². The Morgan fingerprint density at radius 2 is 1.94 bits per heavy atom. The van der Waals surface area contributed by atoms with Crippen LogP contribution in [-0.2, 0) is 16.0 Å². The zero-order chi connectivity index (χ0) is 25.1. The number of benzene rings is 1. The molecular weight excluding hydrogens is 497 g/mol. The lowest BCUT2D eigenvalue weighted by Crippen LogP contribution is -2.45. The van der Waals surface area contributed by atoms with Crippen LogP contribution in [0.2, 0.25) is 10.0 Å². The molecule has 184 valence electrons. The highest BCUT2D eigenvalue weighted by Gasteiger charge is 2.29. The quantitative estimate of drug-likeness (QED) is 0.350. The average Bonchev–Trinajstić information content (AvgIpc) is 3.29. The molecule has 0 spiro atoms. The van der Waals surface area contributed by atoms with Gasteiger partial charge >= 0.3 is 0 Å². The van der Waals surface area contributed by atoms with Crippen molar-refractivity contribution >= 4 is 46.0 Å². The monoisotopic (exact) mass is 519 g/mol. The molecule has 3 heterocycles. The van der Waals surface area contributed by atoms with E-state index in [2.05, 4.69) is 21.9 Å². The van der Waals surface area contributed by atoms with Crippen molar-refractivity contribution in [2.24, 2.45) is 5.92 Å². The van der Waals surface area contributed by atoms with Crippen molar-refractivity contribution in [2.75, 3.05) is 27.4 Å². The molecule has 11 heteroatoms. The Balaban J connectivity index is 1.62. The fourth-order valence-corrected chi connectivity index (χ4v) is 4.63. The third-order valence-corrected chi connectivity index (χ3v) is 6.53. The van der Waals surface area contributed by atoms with E-state index in [1.807, 2.05) is 0 Å². The molecule has 2 unspecified atom stereocenters. The second-order valence-corrected chi connectivity index (χ2v) is 8.66. The number of nitrogens with one attached hydrogen (secondary N) is 1. The van der Waals surface area contributed by atoms with E-state index in [4.69, 9.17) is 41.8 Å². The Labute approximate surface area is 211 Å². The normalized spacial score (nSPS) is 17.7. The van der Waals surface area contributed by atoms with Crippen LogP contribution in [0.4, 0.5) is 0 Å². The molecule has 1 aromatic carbocycles. The van der Waals surface area contributed by atoms with Crippen LogP contribution >= 0.6 is 23.2 Å². The highest BCUT2D eigenvalue weighted by atomic mass is 35.5. The molecule has 1 aliphatic heterocycles. The number of ketones is 1. The zero-order valence-corrected chi connectivity index (χ0v) is 20.6. The first-order valence-electron chi connectivity index (χ1n) is 10.8. The second kappa shape index (κ2) is 10.6. The van der Waals surface area contributed by atoms with E-state index in [0.717, 1.165) is 0 Å². The molecular formula is C24H23Cl2N3O6. The number of ether oxygens (including phenoxy) is 3. The van der Waals surface area contributed by atoms with Gasteiger partial charge in [0.15, 0.2) is 11.3 Å². The molecule has 3 aromatic rings. The van der Waals surface area contributed by atoms with Gasteiger partial charge < -0.3 is 23.9 Å². The lowest BCUT2D eigenvalue weighted by Gasteiger charge is -2.31. The fourth-order valence-electron chi connectivity index (χ4n) is 3.96. The molecule has 0 bridgehead atoms. The Kier molecular flexibility index (Phi) is 7.59. The van der Waals surface area contributed by atoms with Gasteiger partial charge in [0.1, 0.15) is 22.8 Å². The highest BCUT2D eigenvalue weighted by molar-refractivity contribution is 6.42. The first kappa shape index (κ1) is 25.0. The Bertz CT molecular complexity index is 1260. The summed E-state index contributed by atoms with van der Waals surface area (Å²) in [5.74, 6) is 0.198. The molecule has 2 atom stereocenters. The molecule has 0 radical (unpaired) electrons. The number of rotatable bonds is 8. The average molecular weight is 520 g/mol. The number of nitrogens with zero attached hydrogens (tertiary/aromatic N) is 2. The summed E-state index contributed by atoms with van der Waals surface area (Å²) in [4.78, 5) is 34.0. The predicted molar refractivity (Wildman–Crippen MR) is 130 cm³/mol. The number of amides is 1. The smallest absolute Gasteiger partial charge is 0.243 e. The Morgan fingerprint density at radius 1 is 1.23 bits per heavy atom. The number of carbonyl (C=O) groups is 2. The van der Waals surface area contributed by atoms with E-state index in [9.17, 15) is 9.59 Å². The van der Waals surface area contributed by atoms with Gasteiger partial charge in [-0.25, -0.2) is 9.97 Å². The SMILES string of the molecule is C=CC(=O)NC1CCOCC1Cc1ncc2oc(C(=O)c3c(Cl)c(OC)cc(OC)c3Cl)cc2n1. The van der Waals surface area contributed by atoms with E-state index < -0.39 is 5.78 Å². The molecule has 4 rings (SSSR count). The number of hydrogen-bond acceptors (Lipinski definition) is 8. The number of fused-ring (bicyclic) bond motifs is 1. The molecule has 0 saturated carbocycles.